The van der Waals surface area contributed by atoms with E-state index < -0.39 is 0 Å². The molecule has 0 heterocycles. The summed E-state index contributed by atoms with van der Waals surface area (Å²) in [5.41, 5.74) is -0.705. The highest BCUT2D eigenvalue weighted by Crippen LogP contribution is 2.22. The van der Waals surface area contributed by atoms with E-state index in [0.717, 1.165) is 12.8 Å². The fourth-order valence-electron chi connectivity index (χ4n) is 1.55. The van der Waals surface area contributed by atoms with Crippen molar-refractivity contribution in [3.05, 3.63) is 24.3 Å². The topological polar surface area (TPSA) is 9.23 Å². The Balaban J connectivity index is 4.61. The second kappa shape index (κ2) is 8.63. The predicted octanol–water partition coefficient (Wildman–Crippen LogP) is 4.50. The molecule has 0 fully saturated rings. The van der Waals surface area contributed by atoms with Crippen LogP contribution in [0.5, 0.6) is 0 Å². The van der Waals surface area contributed by atoms with Gasteiger partial charge in [-0.2, -0.15) is 0 Å². The molecule has 0 bridgehead atoms. The van der Waals surface area contributed by atoms with Crippen molar-refractivity contribution in [3.63, 3.8) is 0 Å². The fraction of sp³-hybridized carbons (Fsp3) is 0.556. The lowest BCUT2D eigenvalue weighted by Gasteiger charge is -2.31. The molecule has 0 aromatic carbocycles. The normalized spacial score (nSPS) is 12.1. The largest absolute Gasteiger partial charge is 0.361 e. The maximum Gasteiger partial charge on any atom is 0.0827 e. The van der Waals surface area contributed by atoms with Gasteiger partial charge in [-0.05, 0) is 52.0 Å². The summed E-state index contributed by atoms with van der Waals surface area (Å²) in [5, 5.41) is 0. The minimum atomic E-state index is -0.353. The summed E-state index contributed by atoms with van der Waals surface area (Å²) in [6, 6.07) is 0. The summed E-state index contributed by atoms with van der Waals surface area (Å²) < 4.78 is 6.08. The first-order valence-corrected chi connectivity index (χ1v) is 6.85. The zero-order valence-corrected chi connectivity index (χ0v) is 13.1. The van der Waals surface area contributed by atoms with Gasteiger partial charge in [-0.25, -0.2) is 0 Å². The van der Waals surface area contributed by atoms with E-state index >= 15 is 0 Å². The lowest BCUT2D eigenvalue weighted by molar-refractivity contribution is -0.0682. The smallest absolute Gasteiger partial charge is 0.0827 e. The Bertz CT molecular complexity index is 386. The average Bonchev–Trinajstić information content (AvgIpc) is 2.29. The molecule has 19 heavy (non-hydrogen) atoms. The minimum Gasteiger partial charge on any atom is -0.361 e. The van der Waals surface area contributed by atoms with Crippen LogP contribution in [0.2, 0.25) is 0 Å². The Morgan fingerprint density at radius 3 is 1.47 bits per heavy atom. The zero-order chi connectivity index (χ0) is 14.8. The van der Waals surface area contributed by atoms with Crippen molar-refractivity contribution in [1.82, 2.24) is 0 Å². The van der Waals surface area contributed by atoms with Crippen LogP contribution in [0.3, 0.4) is 0 Å². The number of hydrogen-bond donors (Lipinski definition) is 0. The van der Waals surface area contributed by atoms with Crippen LogP contribution in [-0.2, 0) is 4.74 Å². The van der Waals surface area contributed by atoms with E-state index in [1.807, 2.05) is 65.8 Å². The van der Waals surface area contributed by atoms with Gasteiger partial charge in [0.1, 0.15) is 0 Å². The molecule has 0 spiro atoms. The summed E-state index contributed by atoms with van der Waals surface area (Å²) in [6.45, 7) is 12.2. The maximum atomic E-state index is 6.08. The highest BCUT2D eigenvalue weighted by Gasteiger charge is 2.24. The van der Waals surface area contributed by atoms with E-state index in [9.17, 15) is 0 Å². The van der Waals surface area contributed by atoms with Crippen molar-refractivity contribution in [1.29, 1.82) is 0 Å². The molecular weight excluding hydrogens is 232 g/mol. The quantitative estimate of drug-likeness (QED) is 0.675. The third-order valence-corrected chi connectivity index (χ3v) is 2.22. The first-order valence-electron chi connectivity index (χ1n) is 6.85. The molecule has 0 aliphatic heterocycles. The third kappa shape index (κ3) is 10.2. The molecule has 0 aliphatic carbocycles. The maximum absolute atomic E-state index is 6.08. The van der Waals surface area contributed by atoms with E-state index in [2.05, 4.69) is 23.7 Å². The molecule has 0 amide bonds. The average molecular weight is 258 g/mol. The van der Waals surface area contributed by atoms with Crippen LogP contribution in [0.1, 0.15) is 54.4 Å². The summed E-state index contributed by atoms with van der Waals surface area (Å²) in [5.74, 6) is 12.0. The van der Waals surface area contributed by atoms with Crippen LogP contribution >= 0.6 is 0 Å². The van der Waals surface area contributed by atoms with Gasteiger partial charge in [0.05, 0.1) is 11.2 Å². The van der Waals surface area contributed by atoms with Crippen LogP contribution < -0.4 is 0 Å². The van der Waals surface area contributed by atoms with Crippen molar-refractivity contribution >= 4 is 0 Å². The van der Waals surface area contributed by atoms with E-state index in [1.165, 1.54) is 0 Å². The summed E-state index contributed by atoms with van der Waals surface area (Å²) in [4.78, 5) is 0. The van der Waals surface area contributed by atoms with Gasteiger partial charge >= 0.3 is 0 Å². The molecule has 0 atom stereocenters. The predicted molar refractivity (Wildman–Crippen MR) is 83.7 cm³/mol. The van der Waals surface area contributed by atoms with E-state index in [-0.39, 0.29) is 11.2 Å². The van der Waals surface area contributed by atoms with E-state index in [4.69, 9.17) is 4.74 Å². The first kappa shape index (κ1) is 17.6. The lowest BCUT2D eigenvalue weighted by atomic mass is 10.0. The monoisotopic (exact) mass is 258 g/mol. The molecule has 1 nitrogen and oxygen atoms in total. The van der Waals surface area contributed by atoms with Crippen molar-refractivity contribution in [3.8, 4) is 23.7 Å². The highest BCUT2D eigenvalue weighted by molar-refractivity contribution is 5.20. The molecule has 0 aromatic rings. The van der Waals surface area contributed by atoms with Gasteiger partial charge in [-0.15, -0.1) is 0 Å². The molecule has 0 N–H and O–H groups in total. The van der Waals surface area contributed by atoms with Crippen LogP contribution in [0.25, 0.3) is 0 Å². The Morgan fingerprint density at radius 1 is 0.789 bits per heavy atom. The van der Waals surface area contributed by atoms with Crippen molar-refractivity contribution in [2.75, 3.05) is 0 Å². The Morgan fingerprint density at radius 2 is 1.16 bits per heavy atom. The number of hydrogen-bond acceptors (Lipinski definition) is 1. The summed E-state index contributed by atoms with van der Waals surface area (Å²) >= 11 is 0. The summed E-state index contributed by atoms with van der Waals surface area (Å²) in [6.07, 6.45) is 9.44. The van der Waals surface area contributed by atoms with Gasteiger partial charge in [-0.1, -0.05) is 37.5 Å². The molecule has 0 aromatic heterocycles. The van der Waals surface area contributed by atoms with Gasteiger partial charge in [-0.3, -0.25) is 0 Å². The third-order valence-electron chi connectivity index (χ3n) is 2.22. The second-order valence-electron chi connectivity index (χ2n) is 5.32. The van der Waals surface area contributed by atoms with Gasteiger partial charge in [0, 0.05) is 12.8 Å². The van der Waals surface area contributed by atoms with Gasteiger partial charge in [0.2, 0.25) is 0 Å². The molecule has 104 valence electrons. The molecule has 0 aliphatic rings. The van der Waals surface area contributed by atoms with Crippen LogP contribution in [-0.4, -0.2) is 11.2 Å². The lowest BCUT2D eigenvalue weighted by Crippen LogP contribution is -2.34. The standard InChI is InChI=1S/C18H26O/c1-7-9-11-13-15-17(3,4)19-18(5,6)16-14-12-10-8-2/h13-16H,7-8H2,1-6H3. The van der Waals surface area contributed by atoms with Crippen molar-refractivity contribution in [2.45, 2.75) is 65.6 Å². The Hall–Kier alpha value is -1.44. The van der Waals surface area contributed by atoms with Crippen molar-refractivity contribution in [2.24, 2.45) is 0 Å². The summed E-state index contributed by atoms with van der Waals surface area (Å²) in [7, 11) is 0. The Kier molecular flexibility index (Phi) is 7.97. The molecule has 1 heteroatoms. The molecule has 0 rings (SSSR count). The minimum absolute atomic E-state index is 0.353. The van der Waals surface area contributed by atoms with E-state index in [1.54, 1.807) is 0 Å². The highest BCUT2D eigenvalue weighted by atomic mass is 16.5. The van der Waals surface area contributed by atoms with Gasteiger partial charge < -0.3 is 4.74 Å². The number of rotatable bonds is 4. The molecule has 0 saturated carbocycles. The number of allylic oxidation sites excluding steroid dienone is 2. The SMILES string of the molecule is CCC#CC=CC(C)(C)OC(C)(C)C=CC#CCC. The number of ether oxygens (including phenoxy) is 1. The van der Waals surface area contributed by atoms with Crippen LogP contribution in [0.4, 0.5) is 0 Å². The molecule has 0 unspecified atom stereocenters. The van der Waals surface area contributed by atoms with Crippen LogP contribution in [0, 0.1) is 23.7 Å². The molecule has 0 radical (unpaired) electrons. The van der Waals surface area contributed by atoms with Gasteiger partial charge in [0.25, 0.3) is 0 Å². The van der Waals surface area contributed by atoms with Crippen molar-refractivity contribution < 1.29 is 4.74 Å². The second-order valence-corrected chi connectivity index (χ2v) is 5.32. The van der Waals surface area contributed by atoms with Gasteiger partial charge in [0.15, 0.2) is 0 Å². The zero-order valence-electron chi connectivity index (χ0n) is 13.1. The Labute approximate surface area is 119 Å². The van der Waals surface area contributed by atoms with E-state index in [0.29, 0.717) is 0 Å². The molecule has 0 saturated heterocycles. The molecular formula is C18H26O. The fourth-order valence-corrected chi connectivity index (χ4v) is 1.55. The van der Waals surface area contributed by atoms with Crippen LogP contribution in [0.15, 0.2) is 24.3 Å². The first-order chi connectivity index (χ1) is 8.83.